The van der Waals surface area contributed by atoms with Crippen LogP contribution in [0.1, 0.15) is 36.8 Å². The normalized spacial score (nSPS) is 21.3. The van der Waals surface area contributed by atoms with Crippen molar-refractivity contribution in [3.8, 4) is 0 Å². The quantitative estimate of drug-likeness (QED) is 0.710. The van der Waals surface area contributed by atoms with Crippen molar-refractivity contribution >= 4 is 23.6 Å². The average Bonchev–Trinajstić information content (AvgIpc) is 3.56. The molecule has 1 spiro atoms. The number of likely N-dealkylation sites (N-methyl/N-ethyl adjacent to an activating group) is 1. The molecule has 1 saturated carbocycles. The Morgan fingerprint density at radius 3 is 2.19 bits per heavy atom. The van der Waals surface area contributed by atoms with Crippen molar-refractivity contribution in [2.45, 2.75) is 38.6 Å². The van der Waals surface area contributed by atoms with E-state index < -0.39 is 16.7 Å². The molecule has 1 aliphatic carbocycles. The third kappa shape index (κ3) is 3.68. The van der Waals surface area contributed by atoms with Crippen molar-refractivity contribution in [3.05, 3.63) is 35.4 Å². The highest BCUT2D eigenvalue weighted by molar-refractivity contribution is 6.07. The number of likely N-dealkylation sites (tertiary alicyclic amines) is 1. The van der Waals surface area contributed by atoms with E-state index in [1.807, 2.05) is 24.3 Å². The van der Waals surface area contributed by atoms with E-state index >= 15 is 0 Å². The van der Waals surface area contributed by atoms with Crippen LogP contribution in [0.15, 0.2) is 24.3 Å². The van der Waals surface area contributed by atoms with Gasteiger partial charge in [-0.3, -0.25) is 19.2 Å². The molecule has 2 N–H and O–H groups in total. The van der Waals surface area contributed by atoms with Gasteiger partial charge in [-0.05, 0) is 43.2 Å². The topological polar surface area (TPSA) is 104 Å². The molecule has 166 valence electrons. The van der Waals surface area contributed by atoms with Gasteiger partial charge in [0.1, 0.15) is 12.0 Å². The van der Waals surface area contributed by atoms with Crippen LogP contribution >= 0.6 is 0 Å². The van der Waals surface area contributed by atoms with Gasteiger partial charge >= 0.3 is 0 Å². The average molecular weight is 427 g/mol. The highest BCUT2D eigenvalue weighted by atomic mass is 16.2. The first kappa shape index (κ1) is 21.3. The summed E-state index contributed by atoms with van der Waals surface area (Å²) in [5.41, 5.74) is 5.97. The second-order valence-corrected chi connectivity index (χ2v) is 9.41. The fourth-order valence-electron chi connectivity index (χ4n) is 4.89. The molecule has 8 nitrogen and oxygen atoms in total. The van der Waals surface area contributed by atoms with Gasteiger partial charge in [0.2, 0.25) is 23.6 Å². The lowest BCUT2D eigenvalue weighted by Crippen LogP contribution is -2.54. The van der Waals surface area contributed by atoms with Crippen LogP contribution in [0.5, 0.6) is 0 Å². The Labute approximate surface area is 182 Å². The Balaban J connectivity index is 1.58. The van der Waals surface area contributed by atoms with Crippen LogP contribution < -0.4 is 5.73 Å². The summed E-state index contributed by atoms with van der Waals surface area (Å²) in [6.07, 6.45) is 2.63. The standard InChI is InChI=1S/C23H30N4O4/c1-25(2)18(28)15-27-14-17-6-4-3-5-16(17)13-22(20(27)30)9-11-26(12-10-22)21(31)23(7-8-23)19(24)29/h3-6H,7-15H2,1-2H3,(H2,24,29). The summed E-state index contributed by atoms with van der Waals surface area (Å²) in [5, 5.41) is 0. The minimum absolute atomic E-state index is 0.0259. The van der Waals surface area contributed by atoms with Gasteiger partial charge in [0.25, 0.3) is 0 Å². The van der Waals surface area contributed by atoms with Crippen LogP contribution in [0.2, 0.25) is 0 Å². The largest absolute Gasteiger partial charge is 0.369 e. The van der Waals surface area contributed by atoms with Crippen molar-refractivity contribution in [2.75, 3.05) is 33.7 Å². The molecule has 2 fully saturated rings. The van der Waals surface area contributed by atoms with Gasteiger partial charge in [0, 0.05) is 33.7 Å². The lowest BCUT2D eigenvalue weighted by molar-refractivity contribution is -0.153. The van der Waals surface area contributed by atoms with Crippen molar-refractivity contribution in [1.29, 1.82) is 0 Å². The highest BCUT2D eigenvalue weighted by Gasteiger charge is 2.58. The zero-order valence-corrected chi connectivity index (χ0v) is 18.2. The van der Waals surface area contributed by atoms with Gasteiger partial charge < -0.3 is 20.4 Å². The highest BCUT2D eigenvalue weighted by Crippen LogP contribution is 2.48. The number of amides is 4. The summed E-state index contributed by atoms with van der Waals surface area (Å²) >= 11 is 0. The van der Waals surface area contributed by atoms with Gasteiger partial charge in [0.15, 0.2) is 0 Å². The van der Waals surface area contributed by atoms with E-state index in [1.165, 1.54) is 4.90 Å². The van der Waals surface area contributed by atoms with E-state index in [0.717, 1.165) is 11.1 Å². The summed E-state index contributed by atoms with van der Waals surface area (Å²) in [6.45, 7) is 1.27. The number of nitrogens with zero attached hydrogens (tertiary/aromatic N) is 3. The smallest absolute Gasteiger partial charge is 0.241 e. The zero-order valence-electron chi connectivity index (χ0n) is 18.2. The third-order valence-electron chi connectivity index (χ3n) is 7.21. The number of carbonyl (C=O) groups excluding carboxylic acids is 4. The molecule has 1 aromatic rings. The van der Waals surface area contributed by atoms with Crippen LogP contribution in [0, 0.1) is 10.8 Å². The number of carbonyl (C=O) groups is 4. The summed E-state index contributed by atoms with van der Waals surface area (Å²) < 4.78 is 0. The second-order valence-electron chi connectivity index (χ2n) is 9.41. The maximum Gasteiger partial charge on any atom is 0.241 e. The van der Waals surface area contributed by atoms with Crippen LogP contribution in [-0.4, -0.2) is 72.1 Å². The lowest BCUT2D eigenvalue weighted by atomic mass is 9.72. The molecule has 1 aromatic carbocycles. The molecule has 0 radical (unpaired) electrons. The van der Waals surface area contributed by atoms with Gasteiger partial charge in [-0.2, -0.15) is 0 Å². The van der Waals surface area contributed by atoms with Crippen molar-refractivity contribution in [1.82, 2.24) is 14.7 Å². The number of hydrogen-bond acceptors (Lipinski definition) is 4. The number of hydrogen-bond donors (Lipinski definition) is 1. The lowest BCUT2D eigenvalue weighted by Gasteiger charge is -2.42. The molecule has 4 rings (SSSR count). The van der Waals surface area contributed by atoms with E-state index in [-0.39, 0.29) is 24.3 Å². The molecule has 8 heteroatoms. The maximum absolute atomic E-state index is 13.7. The third-order valence-corrected chi connectivity index (χ3v) is 7.21. The van der Waals surface area contributed by atoms with Gasteiger partial charge in [-0.25, -0.2) is 0 Å². The van der Waals surface area contributed by atoms with Crippen LogP contribution in [0.3, 0.4) is 0 Å². The molecule has 0 unspecified atom stereocenters. The number of fused-ring (bicyclic) bond motifs is 1. The fraction of sp³-hybridized carbons (Fsp3) is 0.565. The Kier molecular flexibility index (Phi) is 5.27. The number of piperidine rings is 1. The predicted molar refractivity (Wildman–Crippen MR) is 113 cm³/mol. The summed E-state index contributed by atoms with van der Waals surface area (Å²) in [7, 11) is 3.37. The number of primary amides is 1. The monoisotopic (exact) mass is 426 g/mol. The van der Waals surface area contributed by atoms with Crippen LogP contribution in [0.25, 0.3) is 0 Å². The van der Waals surface area contributed by atoms with Crippen molar-refractivity contribution < 1.29 is 19.2 Å². The Morgan fingerprint density at radius 1 is 1.03 bits per heavy atom. The molecular weight excluding hydrogens is 396 g/mol. The van der Waals surface area contributed by atoms with E-state index in [0.29, 0.717) is 51.7 Å². The Morgan fingerprint density at radius 2 is 1.65 bits per heavy atom. The summed E-state index contributed by atoms with van der Waals surface area (Å²) in [6, 6.07) is 7.98. The molecular formula is C23H30N4O4. The molecule has 0 atom stereocenters. The van der Waals surface area contributed by atoms with E-state index in [2.05, 4.69) is 0 Å². The molecule has 1 saturated heterocycles. The summed E-state index contributed by atoms with van der Waals surface area (Å²) in [4.78, 5) is 55.7. The number of nitrogens with two attached hydrogens (primary N) is 1. The Hall–Kier alpha value is -2.90. The van der Waals surface area contributed by atoms with Crippen LogP contribution in [-0.2, 0) is 32.1 Å². The van der Waals surface area contributed by atoms with Crippen LogP contribution in [0.4, 0.5) is 0 Å². The molecule has 3 aliphatic rings. The number of benzene rings is 1. The van der Waals surface area contributed by atoms with Gasteiger partial charge in [-0.15, -0.1) is 0 Å². The summed E-state index contributed by atoms with van der Waals surface area (Å²) in [5.74, 6) is -0.892. The molecule has 0 aromatic heterocycles. The SMILES string of the molecule is CN(C)C(=O)CN1Cc2ccccc2CC2(CCN(C(=O)C3(C(N)=O)CC3)CC2)C1=O. The number of rotatable bonds is 4. The minimum Gasteiger partial charge on any atom is -0.369 e. The molecule has 0 bridgehead atoms. The first-order valence-electron chi connectivity index (χ1n) is 10.8. The predicted octanol–water partition coefficient (Wildman–Crippen LogP) is 0.534. The first-order valence-corrected chi connectivity index (χ1v) is 10.8. The molecule has 31 heavy (non-hydrogen) atoms. The molecule has 4 amide bonds. The molecule has 2 heterocycles. The maximum atomic E-state index is 13.7. The second kappa shape index (κ2) is 7.66. The zero-order chi connectivity index (χ0) is 22.4. The fourth-order valence-corrected chi connectivity index (χ4v) is 4.89. The van der Waals surface area contributed by atoms with Gasteiger partial charge in [-0.1, -0.05) is 24.3 Å². The Bertz CT molecular complexity index is 929. The van der Waals surface area contributed by atoms with Crippen molar-refractivity contribution in [3.63, 3.8) is 0 Å². The minimum atomic E-state index is -1.03. The van der Waals surface area contributed by atoms with E-state index in [9.17, 15) is 19.2 Å². The van der Waals surface area contributed by atoms with E-state index in [4.69, 9.17) is 5.73 Å². The van der Waals surface area contributed by atoms with Crippen molar-refractivity contribution in [2.24, 2.45) is 16.6 Å². The molecule has 2 aliphatic heterocycles. The van der Waals surface area contributed by atoms with E-state index in [1.54, 1.807) is 23.9 Å². The first-order chi connectivity index (χ1) is 14.7. The van der Waals surface area contributed by atoms with Gasteiger partial charge in [0.05, 0.1) is 5.41 Å².